The highest BCUT2D eigenvalue weighted by Gasteiger charge is 2.13. The Kier molecular flexibility index (Phi) is 1.90. The van der Waals surface area contributed by atoms with E-state index in [-0.39, 0.29) is 0 Å². The lowest BCUT2D eigenvalue weighted by atomic mass is 9.90. The molecule has 0 amide bonds. The Hall–Kier alpha value is -1.96. The first-order chi connectivity index (χ1) is 7.77. The molecule has 0 bridgehead atoms. The minimum Gasteiger partial charge on any atom is -0.398 e. The van der Waals surface area contributed by atoms with Crippen LogP contribution in [0.5, 0.6) is 0 Å². The van der Waals surface area contributed by atoms with Gasteiger partial charge in [-0.05, 0) is 41.5 Å². The lowest BCUT2D eigenvalue weighted by Gasteiger charge is -2.17. The van der Waals surface area contributed by atoms with Crippen molar-refractivity contribution < 1.29 is 0 Å². The molecule has 1 aliphatic rings. The molecule has 3 rings (SSSR count). The summed E-state index contributed by atoms with van der Waals surface area (Å²) in [4.78, 5) is 0. The van der Waals surface area contributed by atoms with Gasteiger partial charge in [0.1, 0.15) is 0 Å². The standard InChI is InChI=1S/C14H14N2/c15-12-7-3-4-9-8-13(16)10-5-1-2-6-11(10)14(9)12/h2-4,6-8H,1,5,15-16H2. The van der Waals surface area contributed by atoms with Crippen LogP contribution in [-0.2, 0) is 6.42 Å². The Morgan fingerprint density at radius 2 is 1.94 bits per heavy atom. The second-order valence-corrected chi connectivity index (χ2v) is 4.24. The van der Waals surface area contributed by atoms with Gasteiger partial charge < -0.3 is 11.5 Å². The van der Waals surface area contributed by atoms with E-state index in [4.69, 9.17) is 11.5 Å². The van der Waals surface area contributed by atoms with E-state index in [1.807, 2.05) is 18.2 Å². The van der Waals surface area contributed by atoms with Gasteiger partial charge in [-0.3, -0.25) is 0 Å². The number of nitrogens with two attached hydrogens (primary N) is 2. The molecule has 0 aromatic heterocycles. The molecular weight excluding hydrogens is 196 g/mol. The third-order valence-electron chi connectivity index (χ3n) is 3.23. The molecule has 0 unspecified atom stereocenters. The summed E-state index contributed by atoms with van der Waals surface area (Å²) >= 11 is 0. The molecule has 2 aromatic carbocycles. The monoisotopic (exact) mass is 210 g/mol. The van der Waals surface area contributed by atoms with Crippen molar-refractivity contribution in [3.63, 3.8) is 0 Å². The molecule has 0 aliphatic heterocycles. The maximum atomic E-state index is 6.08. The molecule has 0 radical (unpaired) electrons. The van der Waals surface area contributed by atoms with Crippen molar-refractivity contribution in [1.82, 2.24) is 0 Å². The highest BCUT2D eigenvalue weighted by molar-refractivity contribution is 6.02. The molecule has 0 spiro atoms. The van der Waals surface area contributed by atoms with E-state index in [9.17, 15) is 0 Å². The molecule has 2 heteroatoms. The Labute approximate surface area is 94.6 Å². The number of hydrogen-bond acceptors (Lipinski definition) is 2. The van der Waals surface area contributed by atoms with E-state index >= 15 is 0 Å². The zero-order chi connectivity index (χ0) is 11.1. The quantitative estimate of drug-likeness (QED) is 0.657. The van der Waals surface area contributed by atoms with Gasteiger partial charge in [0.25, 0.3) is 0 Å². The zero-order valence-electron chi connectivity index (χ0n) is 9.03. The van der Waals surface area contributed by atoms with Gasteiger partial charge in [0.05, 0.1) is 0 Å². The van der Waals surface area contributed by atoms with Crippen LogP contribution < -0.4 is 11.5 Å². The summed E-state index contributed by atoms with van der Waals surface area (Å²) in [5, 5.41) is 2.27. The zero-order valence-corrected chi connectivity index (χ0v) is 9.03. The third kappa shape index (κ3) is 1.20. The maximum absolute atomic E-state index is 6.08. The molecule has 4 N–H and O–H groups in total. The molecular formula is C14H14N2. The van der Waals surface area contributed by atoms with Crippen LogP contribution >= 0.6 is 0 Å². The van der Waals surface area contributed by atoms with Crippen LogP contribution in [-0.4, -0.2) is 0 Å². The maximum Gasteiger partial charge on any atom is 0.0399 e. The van der Waals surface area contributed by atoms with Gasteiger partial charge in [-0.2, -0.15) is 0 Å². The van der Waals surface area contributed by atoms with Crippen molar-refractivity contribution in [2.75, 3.05) is 11.5 Å². The number of anilines is 2. The molecule has 2 aromatic rings. The van der Waals surface area contributed by atoms with Crippen LogP contribution in [0.1, 0.15) is 17.5 Å². The number of allylic oxidation sites excluding steroid dienone is 1. The van der Waals surface area contributed by atoms with E-state index in [0.717, 1.165) is 35.0 Å². The molecule has 0 heterocycles. The van der Waals surface area contributed by atoms with Crippen molar-refractivity contribution in [3.8, 4) is 0 Å². The van der Waals surface area contributed by atoms with Crippen LogP contribution in [0.4, 0.5) is 11.4 Å². The largest absolute Gasteiger partial charge is 0.398 e. The molecule has 2 nitrogen and oxygen atoms in total. The second-order valence-electron chi connectivity index (χ2n) is 4.24. The SMILES string of the molecule is Nc1cc2cccc(N)c2c2c1CCC=C2. The predicted octanol–water partition coefficient (Wildman–Crippen LogP) is 2.96. The summed E-state index contributed by atoms with van der Waals surface area (Å²) in [5.74, 6) is 0. The van der Waals surface area contributed by atoms with Crippen LogP contribution in [0.25, 0.3) is 16.8 Å². The first-order valence-electron chi connectivity index (χ1n) is 5.53. The van der Waals surface area contributed by atoms with E-state index in [0.29, 0.717) is 0 Å². The van der Waals surface area contributed by atoms with Gasteiger partial charge in [0.15, 0.2) is 0 Å². The van der Waals surface area contributed by atoms with Gasteiger partial charge in [-0.25, -0.2) is 0 Å². The first-order valence-corrected chi connectivity index (χ1v) is 5.53. The number of benzene rings is 2. The Morgan fingerprint density at radius 3 is 2.81 bits per heavy atom. The molecule has 0 saturated heterocycles. The lowest BCUT2D eigenvalue weighted by Crippen LogP contribution is -2.02. The predicted molar refractivity (Wildman–Crippen MR) is 70.1 cm³/mol. The normalized spacial score (nSPS) is 14.0. The Morgan fingerprint density at radius 1 is 1.06 bits per heavy atom. The Balaban J connectivity index is 2.50. The fraction of sp³-hybridized carbons (Fsp3) is 0.143. The fourth-order valence-corrected chi connectivity index (χ4v) is 2.47. The van der Waals surface area contributed by atoms with E-state index in [2.05, 4.69) is 18.2 Å². The van der Waals surface area contributed by atoms with Crippen molar-refractivity contribution in [1.29, 1.82) is 0 Å². The average Bonchev–Trinajstić information content (AvgIpc) is 2.29. The van der Waals surface area contributed by atoms with Crippen molar-refractivity contribution in [3.05, 3.63) is 41.5 Å². The second kappa shape index (κ2) is 3.27. The van der Waals surface area contributed by atoms with Gasteiger partial charge >= 0.3 is 0 Å². The Bertz CT molecular complexity index is 597. The van der Waals surface area contributed by atoms with E-state index in [1.54, 1.807) is 0 Å². The van der Waals surface area contributed by atoms with Crippen LogP contribution in [0, 0.1) is 0 Å². The number of nitrogen functional groups attached to an aromatic ring is 2. The average molecular weight is 210 g/mol. The summed E-state index contributed by atoms with van der Waals surface area (Å²) in [5.41, 5.74) is 16.3. The fourth-order valence-electron chi connectivity index (χ4n) is 2.47. The molecule has 0 atom stereocenters. The van der Waals surface area contributed by atoms with Crippen LogP contribution in [0.3, 0.4) is 0 Å². The summed E-state index contributed by atoms with van der Waals surface area (Å²) in [6.07, 6.45) is 6.42. The van der Waals surface area contributed by atoms with Crippen molar-refractivity contribution >= 4 is 28.2 Å². The third-order valence-corrected chi connectivity index (χ3v) is 3.23. The number of fused-ring (bicyclic) bond motifs is 3. The van der Waals surface area contributed by atoms with Gasteiger partial charge in [-0.15, -0.1) is 0 Å². The molecule has 0 fully saturated rings. The lowest BCUT2D eigenvalue weighted by molar-refractivity contribution is 0.993. The number of rotatable bonds is 0. The molecule has 16 heavy (non-hydrogen) atoms. The summed E-state index contributed by atoms with van der Waals surface area (Å²) in [7, 11) is 0. The van der Waals surface area contributed by atoms with Gasteiger partial charge in [-0.1, -0.05) is 24.3 Å². The smallest absolute Gasteiger partial charge is 0.0399 e. The molecule has 1 aliphatic carbocycles. The van der Waals surface area contributed by atoms with Crippen LogP contribution in [0.2, 0.25) is 0 Å². The van der Waals surface area contributed by atoms with Gasteiger partial charge in [0, 0.05) is 16.8 Å². The minimum absolute atomic E-state index is 0.834. The molecule has 0 saturated carbocycles. The molecule has 80 valence electrons. The topological polar surface area (TPSA) is 52.0 Å². The van der Waals surface area contributed by atoms with Crippen molar-refractivity contribution in [2.45, 2.75) is 12.8 Å². The van der Waals surface area contributed by atoms with Crippen LogP contribution in [0.15, 0.2) is 30.3 Å². The van der Waals surface area contributed by atoms with E-state index < -0.39 is 0 Å². The summed E-state index contributed by atoms with van der Waals surface area (Å²) in [6.45, 7) is 0. The summed E-state index contributed by atoms with van der Waals surface area (Å²) < 4.78 is 0. The van der Waals surface area contributed by atoms with Gasteiger partial charge in [0.2, 0.25) is 0 Å². The van der Waals surface area contributed by atoms with E-state index in [1.165, 1.54) is 11.1 Å². The highest BCUT2D eigenvalue weighted by Crippen LogP contribution is 2.35. The summed E-state index contributed by atoms with van der Waals surface area (Å²) in [6, 6.07) is 8.01. The first kappa shape index (κ1) is 9.28. The van der Waals surface area contributed by atoms with Crippen molar-refractivity contribution in [2.24, 2.45) is 0 Å². The minimum atomic E-state index is 0.834. The number of hydrogen-bond donors (Lipinski definition) is 2. The highest BCUT2D eigenvalue weighted by atomic mass is 14.6.